The van der Waals surface area contributed by atoms with Crippen LogP contribution in [0.1, 0.15) is 57.4 Å². The van der Waals surface area contributed by atoms with Crippen LogP contribution in [0, 0.1) is 0 Å². The summed E-state index contributed by atoms with van der Waals surface area (Å²) in [7, 11) is 0. The summed E-state index contributed by atoms with van der Waals surface area (Å²) < 4.78 is 62.0. The highest BCUT2D eigenvalue weighted by molar-refractivity contribution is 5.82. The number of hydrogen-bond acceptors (Lipinski definition) is 6. The van der Waals surface area contributed by atoms with Crippen molar-refractivity contribution in [1.82, 2.24) is 0 Å². The Morgan fingerprint density at radius 1 is 0.800 bits per heavy atom. The molecule has 0 saturated carbocycles. The van der Waals surface area contributed by atoms with Gasteiger partial charge in [0.2, 0.25) is 5.60 Å². The number of esters is 2. The van der Waals surface area contributed by atoms with E-state index in [-0.39, 0.29) is 29.9 Å². The van der Waals surface area contributed by atoms with Crippen molar-refractivity contribution in [3.05, 3.63) is 95.6 Å². The predicted octanol–water partition coefficient (Wildman–Crippen LogP) is 7.11. The minimum atomic E-state index is -5.31. The van der Waals surface area contributed by atoms with E-state index in [1.54, 1.807) is 25.1 Å². The third-order valence-electron chi connectivity index (χ3n) is 6.10. The molecule has 0 fully saturated rings. The summed E-state index contributed by atoms with van der Waals surface area (Å²) in [6, 6.07) is 22.1. The Hall–Kier alpha value is -4.01. The van der Waals surface area contributed by atoms with Crippen LogP contribution in [0.3, 0.4) is 0 Å². The van der Waals surface area contributed by atoms with Gasteiger partial charge in [-0.05, 0) is 60.2 Å². The van der Waals surface area contributed by atoms with Crippen LogP contribution in [0.4, 0.5) is 13.2 Å². The van der Waals surface area contributed by atoms with Gasteiger partial charge in [0.05, 0.1) is 6.61 Å². The third kappa shape index (κ3) is 7.77. The Kier molecular flexibility index (Phi) is 9.50. The first-order valence-corrected chi connectivity index (χ1v) is 12.8. The topological polar surface area (TPSA) is 71.1 Å². The summed E-state index contributed by atoms with van der Waals surface area (Å²) in [5.74, 6) is -2.85. The highest BCUT2D eigenvalue weighted by Gasteiger charge is 2.52. The zero-order chi connectivity index (χ0) is 29.6. The second-order valence-electron chi connectivity index (χ2n) is 10.3. The molecule has 0 spiro atoms. The van der Waals surface area contributed by atoms with Crippen molar-refractivity contribution in [2.75, 3.05) is 6.61 Å². The first-order valence-electron chi connectivity index (χ1n) is 12.8. The largest absolute Gasteiger partial charge is 0.490 e. The average molecular weight is 559 g/mol. The van der Waals surface area contributed by atoms with Gasteiger partial charge in [0.1, 0.15) is 18.1 Å². The number of halogens is 3. The van der Waals surface area contributed by atoms with Crippen LogP contribution >= 0.6 is 0 Å². The molecule has 9 heteroatoms. The Labute approximate surface area is 232 Å². The Balaban J connectivity index is 2.02. The van der Waals surface area contributed by atoms with Gasteiger partial charge in [0, 0.05) is 0 Å². The molecule has 214 valence electrons. The van der Waals surface area contributed by atoms with Crippen LogP contribution in [0.25, 0.3) is 0 Å². The lowest BCUT2D eigenvalue weighted by Crippen LogP contribution is -2.50. The Morgan fingerprint density at radius 3 is 2.02 bits per heavy atom. The zero-order valence-electron chi connectivity index (χ0n) is 23.1. The molecule has 0 bridgehead atoms. The molecule has 0 N–H and O–H groups in total. The van der Waals surface area contributed by atoms with Crippen LogP contribution in [0.2, 0.25) is 0 Å². The molecule has 3 aromatic rings. The van der Waals surface area contributed by atoms with Crippen LogP contribution in [0.5, 0.6) is 11.5 Å². The Morgan fingerprint density at radius 2 is 1.45 bits per heavy atom. The van der Waals surface area contributed by atoms with Crippen molar-refractivity contribution in [2.45, 2.75) is 64.5 Å². The number of hydrogen-bond donors (Lipinski definition) is 0. The van der Waals surface area contributed by atoms with E-state index in [9.17, 15) is 22.8 Å². The molecule has 0 radical (unpaired) electrons. The monoisotopic (exact) mass is 558 g/mol. The van der Waals surface area contributed by atoms with E-state index in [2.05, 4.69) is 0 Å². The molecule has 0 aromatic heterocycles. The SMILES string of the molecule is CCOC(=O)C(C)(Oc1cccc(C(C)(C)C)c1)C(OC(=O)C(F)(F)F)c1ccc(OCc2ccccc2)cc1. The molecule has 40 heavy (non-hydrogen) atoms. The zero-order valence-corrected chi connectivity index (χ0v) is 23.1. The van der Waals surface area contributed by atoms with Crippen molar-refractivity contribution in [2.24, 2.45) is 0 Å². The molecule has 3 rings (SSSR count). The number of rotatable bonds is 10. The van der Waals surface area contributed by atoms with Gasteiger partial charge >= 0.3 is 18.1 Å². The summed E-state index contributed by atoms with van der Waals surface area (Å²) in [4.78, 5) is 25.3. The van der Waals surface area contributed by atoms with Crippen LogP contribution in [-0.2, 0) is 31.1 Å². The van der Waals surface area contributed by atoms with Gasteiger partial charge in [-0.1, -0.05) is 75.4 Å². The molecule has 0 amide bonds. The number of alkyl halides is 3. The van der Waals surface area contributed by atoms with E-state index in [4.69, 9.17) is 18.9 Å². The fourth-order valence-electron chi connectivity index (χ4n) is 3.90. The maximum absolute atomic E-state index is 13.3. The number of benzene rings is 3. The first-order chi connectivity index (χ1) is 18.7. The quantitative estimate of drug-likeness (QED) is 0.247. The van der Waals surface area contributed by atoms with E-state index in [1.807, 2.05) is 57.2 Å². The average Bonchev–Trinajstić information content (AvgIpc) is 2.90. The maximum atomic E-state index is 13.3. The molecule has 0 aliphatic carbocycles. The summed E-state index contributed by atoms with van der Waals surface area (Å²) in [6.45, 7) is 8.91. The van der Waals surface area contributed by atoms with Gasteiger partial charge in [-0.2, -0.15) is 13.2 Å². The molecule has 2 unspecified atom stereocenters. The van der Waals surface area contributed by atoms with Crippen molar-refractivity contribution >= 4 is 11.9 Å². The van der Waals surface area contributed by atoms with Gasteiger partial charge < -0.3 is 18.9 Å². The second-order valence-corrected chi connectivity index (χ2v) is 10.3. The lowest BCUT2D eigenvalue weighted by atomic mass is 9.87. The maximum Gasteiger partial charge on any atom is 0.490 e. The highest BCUT2D eigenvalue weighted by Crippen LogP contribution is 2.38. The molecule has 6 nitrogen and oxygen atoms in total. The fourth-order valence-corrected chi connectivity index (χ4v) is 3.90. The summed E-state index contributed by atoms with van der Waals surface area (Å²) in [5.41, 5.74) is -0.603. The summed E-state index contributed by atoms with van der Waals surface area (Å²) in [6.07, 6.45) is -7.12. The predicted molar refractivity (Wildman–Crippen MR) is 143 cm³/mol. The van der Waals surface area contributed by atoms with E-state index >= 15 is 0 Å². The van der Waals surface area contributed by atoms with Gasteiger partial charge in [0.15, 0.2) is 6.10 Å². The number of ether oxygens (including phenoxy) is 4. The van der Waals surface area contributed by atoms with Gasteiger partial charge in [0.25, 0.3) is 0 Å². The molecular weight excluding hydrogens is 525 g/mol. The second kappa shape index (κ2) is 12.4. The molecule has 0 aliphatic heterocycles. The first kappa shape index (κ1) is 30.5. The minimum absolute atomic E-state index is 0.0761. The standard InChI is InChI=1S/C31H33F3O6/c1-6-37-27(35)30(5,40-25-14-10-13-23(19-25)29(2,3)4)26(39-28(36)31(32,33)34)22-15-17-24(18-16-22)38-20-21-11-8-7-9-12-21/h7-19,26H,6,20H2,1-5H3. The molecule has 2 atom stereocenters. The van der Waals surface area contributed by atoms with Gasteiger partial charge in [-0.25, -0.2) is 9.59 Å². The summed E-state index contributed by atoms with van der Waals surface area (Å²) >= 11 is 0. The summed E-state index contributed by atoms with van der Waals surface area (Å²) in [5, 5.41) is 0. The molecule has 0 aliphatic rings. The van der Waals surface area contributed by atoms with E-state index in [0.29, 0.717) is 5.75 Å². The lowest BCUT2D eigenvalue weighted by Gasteiger charge is -2.36. The minimum Gasteiger partial charge on any atom is -0.489 e. The molecule has 3 aromatic carbocycles. The van der Waals surface area contributed by atoms with E-state index < -0.39 is 29.8 Å². The highest BCUT2D eigenvalue weighted by atomic mass is 19.4. The van der Waals surface area contributed by atoms with E-state index in [1.165, 1.54) is 31.2 Å². The smallest absolute Gasteiger partial charge is 0.489 e. The van der Waals surface area contributed by atoms with Crippen molar-refractivity contribution in [3.8, 4) is 11.5 Å². The van der Waals surface area contributed by atoms with Crippen molar-refractivity contribution < 1.29 is 41.7 Å². The van der Waals surface area contributed by atoms with Gasteiger partial charge in [-0.15, -0.1) is 0 Å². The van der Waals surface area contributed by atoms with Gasteiger partial charge in [-0.3, -0.25) is 0 Å². The molecule has 0 saturated heterocycles. The van der Waals surface area contributed by atoms with Crippen molar-refractivity contribution in [1.29, 1.82) is 0 Å². The molecule has 0 heterocycles. The number of carbonyl (C=O) groups is 2. The Bertz CT molecular complexity index is 1280. The lowest BCUT2D eigenvalue weighted by molar-refractivity contribution is -0.216. The number of carbonyl (C=O) groups excluding carboxylic acids is 2. The van der Waals surface area contributed by atoms with Crippen molar-refractivity contribution in [3.63, 3.8) is 0 Å². The fraction of sp³-hybridized carbons (Fsp3) is 0.355. The van der Waals surface area contributed by atoms with Crippen LogP contribution in [-0.4, -0.2) is 30.3 Å². The molecular formula is C31H33F3O6. The van der Waals surface area contributed by atoms with Crippen LogP contribution in [0.15, 0.2) is 78.9 Å². The third-order valence-corrected chi connectivity index (χ3v) is 6.10. The van der Waals surface area contributed by atoms with E-state index in [0.717, 1.165) is 11.1 Å². The van der Waals surface area contributed by atoms with Crippen LogP contribution < -0.4 is 9.47 Å². The normalized spacial score (nSPS) is 14.0.